The fraction of sp³-hybridized carbons (Fsp3) is 0.316. The molecule has 0 fully saturated rings. The maximum atomic E-state index is 13.5. The molecule has 4 aromatic rings. The summed E-state index contributed by atoms with van der Waals surface area (Å²) in [7, 11) is 6.07. The van der Waals surface area contributed by atoms with Gasteiger partial charge in [0.2, 0.25) is 5.78 Å². The van der Waals surface area contributed by atoms with Gasteiger partial charge in [0.05, 0.1) is 39.9 Å². The summed E-state index contributed by atoms with van der Waals surface area (Å²) in [4.78, 5) is 25.9. The Morgan fingerprint density at radius 3 is 2.21 bits per heavy atom. The fourth-order valence-corrected chi connectivity index (χ4v) is 6.28. The van der Waals surface area contributed by atoms with E-state index in [1.807, 2.05) is 24.3 Å². The summed E-state index contributed by atoms with van der Waals surface area (Å²) in [6, 6.07) is 19.0. The van der Waals surface area contributed by atoms with Crippen LogP contribution in [0.15, 0.2) is 66.7 Å². The zero-order valence-corrected chi connectivity index (χ0v) is 27.7. The van der Waals surface area contributed by atoms with Crippen molar-refractivity contribution < 1.29 is 47.9 Å². The van der Waals surface area contributed by atoms with Gasteiger partial charge in [0.25, 0.3) is 0 Å². The average molecular weight is 655 g/mol. The van der Waals surface area contributed by atoms with Gasteiger partial charge in [-0.25, -0.2) is 0 Å². The summed E-state index contributed by atoms with van der Waals surface area (Å²) in [6.45, 7) is 4.58. The lowest BCUT2D eigenvalue weighted by Crippen LogP contribution is -2.43. The third-order valence-corrected chi connectivity index (χ3v) is 8.86. The highest BCUT2D eigenvalue weighted by molar-refractivity contribution is 6.12. The van der Waals surface area contributed by atoms with Crippen LogP contribution in [-0.2, 0) is 6.42 Å². The molecular weight excluding hydrogens is 616 g/mol. The number of phenolic OH excluding ortho intramolecular Hbond substituents is 1. The summed E-state index contributed by atoms with van der Waals surface area (Å²) in [5, 5.41) is 9.99. The van der Waals surface area contributed by atoms with Gasteiger partial charge in [-0.2, -0.15) is 0 Å². The number of fused-ring (bicyclic) bond motifs is 6. The minimum atomic E-state index is -0.438. The van der Waals surface area contributed by atoms with Crippen LogP contribution in [0, 0.1) is 5.92 Å². The topological polar surface area (TPSA) is 119 Å². The highest BCUT2D eigenvalue weighted by atomic mass is 16.5. The maximum absolute atomic E-state index is 13.5. The van der Waals surface area contributed by atoms with Crippen LogP contribution in [0.5, 0.6) is 46.0 Å². The summed E-state index contributed by atoms with van der Waals surface area (Å²) in [6.07, 6.45) is 0.474. The third-order valence-electron chi connectivity index (χ3n) is 8.86. The number of hydrogen-bond donors (Lipinski definition) is 1. The quantitative estimate of drug-likeness (QED) is 0.224. The first kappa shape index (κ1) is 32.6. The summed E-state index contributed by atoms with van der Waals surface area (Å²) in [5.41, 5.74) is 2.99. The lowest BCUT2D eigenvalue weighted by atomic mass is 9.81. The van der Waals surface area contributed by atoms with Crippen molar-refractivity contribution in [3.8, 4) is 46.0 Å². The molecule has 0 saturated carbocycles. The second-order valence-electron chi connectivity index (χ2n) is 12.0. The predicted octanol–water partition coefficient (Wildman–Crippen LogP) is 6.42. The second-order valence-corrected chi connectivity index (χ2v) is 12.0. The summed E-state index contributed by atoms with van der Waals surface area (Å²) >= 11 is 0. The third kappa shape index (κ3) is 5.83. The molecule has 250 valence electrons. The largest absolute Gasteiger partial charge is 0.507 e. The number of hydrogen-bond acceptors (Lipinski definition) is 10. The van der Waals surface area contributed by atoms with E-state index in [1.165, 1.54) is 20.3 Å². The van der Waals surface area contributed by atoms with E-state index in [0.29, 0.717) is 52.4 Å². The standard InChI is InChI=1S/C23H24O6.C15H14O4/c1-11(2)16-8-14-15(28-16)6-5-12-22(24)21-13-7-18(25-3)19(26-4)9-17(13)27-10-20(21)29-23(12)14;1-18-11-8-12(16)14(13(9-11)19-2)15(17)10-6-4-3-5-7-10/h5-7,9,11,16,20-21H,8,10H2,1-4H3;3-9,16H,1-2H3. The maximum Gasteiger partial charge on any atom is 0.200 e. The van der Waals surface area contributed by atoms with Gasteiger partial charge in [-0.1, -0.05) is 44.2 Å². The molecule has 0 spiro atoms. The van der Waals surface area contributed by atoms with E-state index in [-0.39, 0.29) is 40.8 Å². The Labute approximate surface area is 279 Å². The first-order valence-corrected chi connectivity index (χ1v) is 15.7. The molecule has 3 unspecified atom stereocenters. The normalized spacial score (nSPS) is 18.3. The lowest BCUT2D eigenvalue weighted by Gasteiger charge is -2.37. The van der Waals surface area contributed by atoms with Gasteiger partial charge in [-0.3, -0.25) is 9.59 Å². The van der Waals surface area contributed by atoms with Crippen LogP contribution < -0.4 is 33.2 Å². The van der Waals surface area contributed by atoms with E-state index in [0.717, 1.165) is 23.3 Å². The van der Waals surface area contributed by atoms with Crippen LogP contribution in [0.3, 0.4) is 0 Å². The van der Waals surface area contributed by atoms with Gasteiger partial charge < -0.3 is 38.3 Å². The van der Waals surface area contributed by atoms with Gasteiger partial charge in [-0.15, -0.1) is 0 Å². The smallest absolute Gasteiger partial charge is 0.200 e. The van der Waals surface area contributed by atoms with Crippen molar-refractivity contribution in [2.24, 2.45) is 5.92 Å². The van der Waals surface area contributed by atoms with Crippen molar-refractivity contribution in [1.82, 2.24) is 0 Å². The van der Waals surface area contributed by atoms with E-state index in [4.69, 9.17) is 33.2 Å². The molecule has 0 aromatic heterocycles. The number of rotatable bonds is 7. The van der Waals surface area contributed by atoms with Gasteiger partial charge in [0.15, 0.2) is 17.3 Å². The molecule has 3 atom stereocenters. The monoisotopic (exact) mass is 654 g/mol. The van der Waals surface area contributed by atoms with Crippen LogP contribution in [0.1, 0.15) is 57.2 Å². The predicted molar refractivity (Wildman–Crippen MR) is 177 cm³/mol. The zero-order chi connectivity index (χ0) is 34.1. The number of carbonyl (C=O) groups is 2. The Morgan fingerprint density at radius 1 is 0.833 bits per heavy atom. The SMILES string of the molecule is COc1cc(O)c(C(=O)c2ccccc2)c(OC)c1.COc1cc2c(cc1OC)C1C(=O)c3ccc4c(c3OC1CO2)CC(C(C)C)O4. The van der Waals surface area contributed by atoms with Crippen molar-refractivity contribution in [3.63, 3.8) is 0 Å². The number of ether oxygens (including phenoxy) is 7. The number of aromatic hydroxyl groups is 1. The van der Waals surface area contributed by atoms with Crippen LogP contribution in [0.2, 0.25) is 0 Å². The lowest BCUT2D eigenvalue weighted by molar-refractivity contribution is 0.0554. The molecule has 1 N–H and O–H groups in total. The minimum absolute atomic E-state index is 0.0452. The second kappa shape index (κ2) is 13.4. The first-order valence-electron chi connectivity index (χ1n) is 15.7. The van der Waals surface area contributed by atoms with E-state index in [1.54, 1.807) is 50.6 Å². The number of carbonyl (C=O) groups excluding carboxylic acids is 2. The van der Waals surface area contributed by atoms with Crippen LogP contribution in [0.4, 0.5) is 0 Å². The Hall–Kier alpha value is -5.38. The molecule has 0 amide bonds. The molecule has 7 rings (SSSR count). The van der Waals surface area contributed by atoms with Crippen molar-refractivity contribution in [2.45, 2.75) is 38.4 Å². The molecule has 3 heterocycles. The van der Waals surface area contributed by atoms with E-state index in [9.17, 15) is 14.7 Å². The van der Waals surface area contributed by atoms with Crippen LogP contribution >= 0.6 is 0 Å². The van der Waals surface area contributed by atoms with E-state index >= 15 is 0 Å². The highest BCUT2D eigenvalue weighted by Gasteiger charge is 2.45. The van der Waals surface area contributed by atoms with Crippen molar-refractivity contribution in [1.29, 1.82) is 0 Å². The fourth-order valence-electron chi connectivity index (χ4n) is 6.28. The molecule has 0 bridgehead atoms. The summed E-state index contributed by atoms with van der Waals surface area (Å²) < 4.78 is 39.3. The van der Waals surface area contributed by atoms with Gasteiger partial charge in [0, 0.05) is 41.3 Å². The number of methoxy groups -OCH3 is 4. The van der Waals surface area contributed by atoms with E-state index in [2.05, 4.69) is 13.8 Å². The van der Waals surface area contributed by atoms with Gasteiger partial charge in [-0.05, 0) is 24.1 Å². The Morgan fingerprint density at radius 2 is 1.54 bits per heavy atom. The Balaban J connectivity index is 0.000000184. The molecule has 0 aliphatic carbocycles. The Bertz CT molecular complexity index is 1850. The first-order chi connectivity index (χ1) is 23.2. The van der Waals surface area contributed by atoms with Gasteiger partial charge >= 0.3 is 0 Å². The highest BCUT2D eigenvalue weighted by Crippen LogP contribution is 2.50. The molecule has 10 heteroatoms. The number of ketones is 2. The molecule has 3 aliphatic rings. The summed E-state index contributed by atoms with van der Waals surface area (Å²) in [5.74, 6) is 3.50. The van der Waals surface area contributed by atoms with Gasteiger partial charge in [0.1, 0.15) is 58.9 Å². The number of phenols is 1. The molecule has 0 radical (unpaired) electrons. The minimum Gasteiger partial charge on any atom is -0.507 e. The molecule has 4 aromatic carbocycles. The molecule has 48 heavy (non-hydrogen) atoms. The molecule has 3 aliphatic heterocycles. The zero-order valence-electron chi connectivity index (χ0n) is 27.7. The van der Waals surface area contributed by atoms with E-state index < -0.39 is 5.92 Å². The Kier molecular flexibility index (Phi) is 9.08. The van der Waals surface area contributed by atoms with Crippen LogP contribution in [0.25, 0.3) is 0 Å². The van der Waals surface area contributed by atoms with Crippen molar-refractivity contribution in [2.75, 3.05) is 35.0 Å². The molecule has 10 nitrogen and oxygen atoms in total. The molecule has 0 saturated heterocycles. The number of benzene rings is 4. The average Bonchev–Trinajstić information content (AvgIpc) is 3.56. The van der Waals surface area contributed by atoms with Crippen molar-refractivity contribution in [3.05, 3.63) is 94.5 Å². The number of Topliss-reactive ketones (excluding diaryl/α,β-unsaturated/α-hetero) is 1. The van der Waals surface area contributed by atoms with Crippen molar-refractivity contribution >= 4 is 11.6 Å². The molecular formula is C38H38O10. The van der Waals surface area contributed by atoms with Crippen LogP contribution in [-0.4, -0.2) is 63.9 Å².